The van der Waals surface area contributed by atoms with Gasteiger partial charge < -0.3 is 4.74 Å². The summed E-state index contributed by atoms with van der Waals surface area (Å²) in [5.74, 6) is -0.00568. The van der Waals surface area contributed by atoms with Gasteiger partial charge in [0.15, 0.2) is 0 Å². The van der Waals surface area contributed by atoms with Crippen LogP contribution in [0.2, 0.25) is 0 Å². The third-order valence-corrected chi connectivity index (χ3v) is 5.83. The number of aromatic nitrogens is 4. The minimum Gasteiger partial charge on any atom is -0.459 e. The van der Waals surface area contributed by atoms with Crippen molar-refractivity contribution in [1.29, 1.82) is 0 Å². The first-order valence-electron chi connectivity index (χ1n) is 11.4. The van der Waals surface area contributed by atoms with E-state index in [0.717, 1.165) is 53.7 Å². The van der Waals surface area contributed by atoms with Gasteiger partial charge in [-0.05, 0) is 64.2 Å². The summed E-state index contributed by atoms with van der Waals surface area (Å²) in [6.45, 7) is 7.33. The van der Waals surface area contributed by atoms with Gasteiger partial charge in [-0.15, -0.1) is 0 Å². The Hall–Kier alpha value is -3.13. The fourth-order valence-corrected chi connectivity index (χ4v) is 4.18. The van der Waals surface area contributed by atoms with Crippen molar-refractivity contribution in [2.24, 2.45) is 13.0 Å². The molecule has 1 fully saturated rings. The predicted octanol–water partition coefficient (Wildman–Crippen LogP) is 3.20. The Morgan fingerprint density at radius 1 is 1.06 bits per heavy atom. The number of piperidine rings is 1. The fourth-order valence-electron chi connectivity index (χ4n) is 4.18. The molecular formula is C25H31N5O3. The van der Waals surface area contributed by atoms with E-state index < -0.39 is 5.60 Å². The van der Waals surface area contributed by atoms with Gasteiger partial charge in [0, 0.05) is 54.6 Å². The molecule has 0 atom stereocenters. The molecule has 33 heavy (non-hydrogen) atoms. The van der Waals surface area contributed by atoms with Crippen molar-refractivity contribution >= 4 is 22.5 Å². The van der Waals surface area contributed by atoms with Gasteiger partial charge in [0.25, 0.3) is 0 Å². The van der Waals surface area contributed by atoms with Crippen molar-refractivity contribution in [1.82, 2.24) is 24.6 Å². The number of Topliss-reactive ketones (excluding diaryl/α,β-unsaturated/α-hetero) is 1. The number of hydrogen-bond donors (Lipinski definition) is 0. The van der Waals surface area contributed by atoms with Crippen molar-refractivity contribution < 1.29 is 14.3 Å². The van der Waals surface area contributed by atoms with Crippen LogP contribution in [0.5, 0.6) is 0 Å². The highest BCUT2D eigenvalue weighted by Gasteiger charge is 2.27. The van der Waals surface area contributed by atoms with Gasteiger partial charge >= 0.3 is 5.97 Å². The third kappa shape index (κ3) is 6.01. The zero-order valence-corrected chi connectivity index (χ0v) is 19.7. The average molecular weight is 450 g/mol. The van der Waals surface area contributed by atoms with E-state index in [9.17, 15) is 9.59 Å². The maximum Gasteiger partial charge on any atom is 0.320 e. The van der Waals surface area contributed by atoms with Crippen LogP contribution in [-0.4, -0.2) is 61.6 Å². The Labute approximate surface area is 194 Å². The molecule has 4 heterocycles. The van der Waals surface area contributed by atoms with Crippen LogP contribution in [0.4, 0.5) is 0 Å². The SMILES string of the molecule is Cn1cc(-c2cc3cc(CC(=O)C4CCN(CC(=O)OC(C)(C)C)CC4)ncc3cn2)cn1. The van der Waals surface area contributed by atoms with Gasteiger partial charge in [-0.25, -0.2) is 0 Å². The van der Waals surface area contributed by atoms with Gasteiger partial charge in [-0.3, -0.25) is 29.1 Å². The second kappa shape index (κ2) is 9.39. The van der Waals surface area contributed by atoms with Crippen LogP contribution < -0.4 is 0 Å². The lowest BCUT2D eigenvalue weighted by atomic mass is 9.90. The van der Waals surface area contributed by atoms with Crippen LogP contribution in [0.3, 0.4) is 0 Å². The number of ketones is 1. The van der Waals surface area contributed by atoms with Crippen molar-refractivity contribution in [3.63, 3.8) is 0 Å². The number of fused-ring (bicyclic) bond motifs is 1. The number of esters is 1. The molecule has 1 aliphatic heterocycles. The summed E-state index contributed by atoms with van der Waals surface area (Å²) < 4.78 is 7.15. The van der Waals surface area contributed by atoms with E-state index in [4.69, 9.17) is 4.74 Å². The molecule has 0 aliphatic carbocycles. The number of likely N-dealkylation sites (tertiary alicyclic amines) is 1. The third-order valence-electron chi connectivity index (χ3n) is 5.83. The van der Waals surface area contributed by atoms with Crippen LogP contribution in [0, 0.1) is 5.92 Å². The van der Waals surface area contributed by atoms with Crippen LogP contribution in [0.15, 0.2) is 36.9 Å². The summed E-state index contributed by atoms with van der Waals surface area (Å²) in [5.41, 5.74) is 2.09. The zero-order valence-electron chi connectivity index (χ0n) is 19.7. The highest BCUT2D eigenvalue weighted by atomic mass is 16.6. The molecule has 3 aromatic heterocycles. The summed E-state index contributed by atoms with van der Waals surface area (Å²) >= 11 is 0. The molecule has 3 aromatic rings. The van der Waals surface area contributed by atoms with E-state index in [-0.39, 0.29) is 24.2 Å². The first-order chi connectivity index (χ1) is 15.7. The van der Waals surface area contributed by atoms with Crippen LogP contribution in [0.1, 0.15) is 39.3 Å². The van der Waals surface area contributed by atoms with Gasteiger partial charge in [0.05, 0.1) is 18.4 Å². The van der Waals surface area contributed by atoms with E-state index >= 15 is 0 Å². The van der Waals surface area contributed by atoms with Gasteiger partial charge in [0.2, 0.25) is 0 Å². The van der Waals surface area contributed by atoms with Crippen LogP contribution in [0.25, 0.3) is 22.0 Å². The molecule has 0 N–H and O–H groups in total. The minimum absolute atomic E-state index is 0.000720. The van der Waals surface area contributed by atoms with Gasteiger partial charge in [0.1, 0.15) is 11.4 Å². The molecule has 8 nitrogen and oxygen atoms in total. The zero-order chi connectivity index (χ0) is 23.6. The number of aryl methyl sites for hydroxylation is 1. The first kappa shape index (κ1) is 23.0. The van der Waals surface area contributed by atoms with Crippen molar-refractivity contribution in [2.45, 2.75) is 45.6 Å². The molecule has 0 saturated carbocycles. The predicted molar refractivity (Wildman–Crippen MR) is 125 cm³/mol. The Kier molecular flexibility index (Phi) is 6.56. The van der Waals surface area contributed by atoms with E-state index in [1.807, 2.05) is 46.1 Å². The molecule has 0 amide bonds. The maximum atomic E-state index is 12.9. The molecule has 0 unspecified atom stereocenters. The first-order valence-corrected chi connectivity index (χ1v) is 11.4. The highest BCUT2D eigenvalue weighted by Crippen LogP contribution is 2.24. The van der Waals surface area contributed by atoms with E-state index in [2.05, 4.69) is 20.0 Å². The summed E-state index contributed by atoms with van der Waals surface area (Å²) in [6, 6.07) is 3.99. The molecule has 174 valence electrons. The number of carbonyl (C=O) groups is 2. The van der Waals surface area contributed by atoms with Crippen LogP contribution >= 0.6 is 0 Å². The second-order valence-corrected chi connectivity index (χ2v) is 9.77. The summed E-state index contributed by atoms with van der Waals surface area (Å²) in [7, 11) is 1.88. The number of pyridine rings is 2. The number of hydrogen-bond acceptors (Lipinski definition) is 7. The number of carbonyl (C=O) groups excluding carboxylic acids is 2. The highest BCUT2D eigenvalue weighted by molar-refractivity contribution is 5.87. The fraction of sp³-hybridized carbons (Fsp3) is 0.480. The number of rotatable bonds is 6. The maximum absolute atomic E-state index is 12.9. The van der Waals surface area contributed by atoms with Crippen molar-refractivity contribution in [3.05, 3.63) is 42.6 Å². The summed E-state index contributed by atoms with van der Waals surface area (Å²) in [5, 5.41) is 6.16. The van der Waals surface area contributed by atoms with Gasteiger partial charge in [-0.2, -0.15) is 5.10 Å². The quantitative estimate of drug-likeness (QED) is 0.534. The normalized spacial score (nSPS) is 15.6. The molecule has 0 spiro atoms. The van der Waals surface area contributed by atoms with Crippen LogP contribution in [-0.2, 0) is 27.8 Å². The number of nitrogens with zero attached hydrogens (tertiary/aromatic N) is 5. The number of ether oxygens (including phenoxy) is 1. The Bertz CT molecular complexity index is 1160. The van der Waals surface area contributed by atoms with Crippen molar-refractivity contribution in [2.75, 3.05) is 19.6 Å². The van der Waals surface area contributed by atoms with Gasteiger partial charge in [-0.1, -0.05) is 0 Å². The minimum atomic E-state index is -0.479. The second-order valence-electron chi connectivity index (χ2n) is 9.77. The molecule has 1 aliphatic rings. The molecular weight excluding hydrogens is 418 g/mol. The Morgan fingerprint density at radius 2 is 1.79 bits per heavy atom. The van der Waals surface area contributed by atoms with Crippen molar-refractivity contribution in [3.8, 4) is 11.3 Å². The Balaban J connectivity index is 1.35. The lowest BCUT2D eigenvalue weighted by Gasteiger charge is -2.31. The smallest absolute Gasteiger partial charge is 0.320 e. The molecule has 1 saturated heterocycles. The standard InChI is InChI=1S/C25H31N5O3/c1-25(2,3)33-24(32)16-30-7-5-17(6-8-30)23(31)11-21-9-18-10-22(20-14-28-29(4)15-20)27-13-19(18)12-26-21/h9-10,12-15,17H,5-8,11,16H2,1-4H3. The summed E-state index contributed by atoms with van der Waals surface area (Å²) in [6.07, 6.45) is 9.12. The van der Waals surface area contributed by atoms with E-state index in [1.165, 1.54) is 0 Å². The average Bonchev–Trinajstić information content (AvgIpc) is 3.18. The Morgan fingerprint density at radius 3 is 2.45 bits per heavy atom. The summed E-state index contributed by atoms with van der Waals surface area (Å²) in [4.78, 5) is 36.1. The molecule has 0 bridgehead atoms. The van der Waals surface area contributed by atoms with E-state index in [0.29, 0.717) is 6.42 Å². The molecule has 8 heteroatoms. The largest absolute Gasteiger partial charge is 0.459 e. The molecule has 0 radical (unpaired) electrons. The molecule has 4 rings (SSSR count). The topological polar surface area (TPSA) is 90.2 Å². The van der Waals surface area contributed by atoms with E-state index in [1.54, 1.807) is 23.3 Å². The lowest BCUT2D eigenvalue weighted by molar-refractivity contribution is -0.156. The lowest BCUT2D eigenvalue weighted by Crippen LogP contribution is -2.41. The molecule has 0 aromatic carbocycles. The monoisotopic (exact) mass is 449 g/mol.